The maximum atomic E-state index is 12.8. The second kappa shape index (κ2) is 7.47. The van der Waals surface area contributed by atoms with Gasteiger partial charge in [-0.05, 0) is 55.5 Å². The average molecular weight is 432 g/mol. The minimum atomic E-state index is -0.251. The van der Waals surface area contributed by atoms with Crippen molar-refractivity contribution in [2.75, 3.05) is 5.01 Å². The fourth-order valence-corrected chi connectivity index (χ4v) is 3.46. The topological polar surface area (TPSA) is 45.8 Å². The second-order valence-corrected chi connectivity index (χ2v) is 7.37. The second-order valence-electron chi connectivity index (χ2n) is 6.14. The molecule has 1 aromatic heterocycles. The standard InChI is InChI=1S/C21H13Cl3N2O2/c1-12-17(21(27)26(25-12)14-5-2-4-13(22)10-14)11-15-8-9-19(28-15)16-6-3-7-18(23)20(16)24/h2-11H,1H3. The lowest BCUT2D eigenvalue weighted by molar-refractivity contribution is -0.114. The molecule has 0 spiro atoms. The number of hydrogen-bond acceptors (Lipinski definition) is 3. The number of benzene rings is 2. The van der Waals surface area contributed by atoms with E-state index in [-0.39, 0.29) is 5.91 Å². The molecule has 0 radical (unpaired) electrons. The van der Waals surface area contributed by atoms with Crippen molar-refractivity contribution in [1.29, 1.82) is 0 Å². The van der Waals surface area contributed by atoms with E-state index in [4.69, 9.17) is 39.2 Å². The monoisotopic (exact) mass is 430 g/mol. The number of hydrazone groups is 1. The first-order valence-electron chi connectivity index (χ1n) is 8.35. The lowest BCUT2D eigenvalue weighted by Crippen LogP contribution is -2.21. The number of carbonyl (C=O) groups is 1. The molecule has 2 heterocycles. The summed E-state index contributed by atoms with van der Waals surface area (Å²) in [6.07, 6.45) is 1.66. The van der Waals surface area contributed by atoms with Crippen LogP contribution in [0.5, 0.6) is 0 Å². The van der Waals surface area contributed by atoms with E-state index in [1.807, 2.05) is 6.07 Å². The van der Waals surface area contributed by atoms with Gasteiger partial charge in [0.05, 0.1) is 27.0 Å². The fraction of sp³-hybridized carbons (Fsp3) is 0.0476. The molecule has 1 aliphatic rings. The molecule has 2 aromatic carbocycles. The van der Waals surface area contributed by atoms with E-state index in [1.165, 1.54) is 5.01 Å². The largest absolute Gasteiger partial charge is 0.457 e. The number of nitrogens with zero attached hydrogens (tertiary/aromatic N) is 2. The molecule has 3 aromatic rings. The Morgan fingerprint density at radius 2 is 1.82 bits per heavy atom. The average Bonchev–Trinajstić information content (AvgIpc) is 3.24. The maximum Gasteiger partial charge on any atom is 0.280 e. The summed E-state index contributed by atoms with van der Waals surface area (Å²) in [4.78, 5) is 12.8. The zero-order valence-electron chi connectivity index (χ0n) is 14.6. The Kier molecular flexibility index (Phi) is 5.02. The summed E-state index contributed by atoms with van der Waals surface area (Å²) in [5.74, 6) is 0.821. The molecule has 0 N–H and O–H groups in total. The predicted octanol–water partition coefficient (Wildman–Crippen LogP) is 6.71. The number of furan rings is 1. The zero-order chi connectivity index (χ0) is 19.8. The molecule has 0 unspecified atom stereocenters. The summed E-state index contributed by atoms with van der Waals surface area (Å²) >= 11 is 18.3. The number of rotatable bonds is 3. The van der Waals surface area contributed by atoms with E-state index in [0.29, 0.717) is 49.1 Å². The summed E-state index contributed by atoms with van der Waals surface area (Å²) < 4.78 is 5.86. The smallest absolute Gasteiger partial charge is 0.280 e. The van der Waals surface area contributed by atoms with E-state index >= 15 is 0 Å². The van der Waals surface area contributed by atoms with Crippen LogP contribution in [0.25, 0.3) is 17.4 Å². The third-order valence-corrected chi connectivity index (χ3v) is 5.30. The highest BCUT2D eigenvalue weighted by Crippen LogP contribution is 2.35. The zero-order valence-corrected chi connectivity index (χ0v) is 16.9. The highest BCUT2D eigenvalue weighted by atomic mass is 35.5. The van der Waals surface area contributed by atoms with Crippen LogP contribution < -0.4 is 5.01 Å². The van der Waals surface area contributed by atoms with Crippen molar-refractivity contribution in [3.63, 3.8) is 0 Å². The summed E-state index contributed by atoms with van der Waals surface area (Å²) in [6, 6.07) is 15.8. The molecule has 0 saturated heterocycles. The van der Waals surface area contributed by atoms with Crippen LogP contribution in [0.15, 0.2) is 69.7 Å². The van der Waals surface area contributed by atoms with Crippen LogP contribution in [-0.4, -0.2) is 11.6 Å². The molecule has 0 bridgehead atoms. The number of hydrogen-bond donors (Lipinski definition) is 0. The van der Waals surface area contributed by atoms with Crippen LogP contribution in [0.1, 0.15) is 12.7 Å². The molecular weight excluding hydrogens is 419 g/mol. The van der Waals surface area contributed by atoms with Crippen LogP contribution in [0.2, 0.25) is 15.1 Å². The quantitative estimate of drug-likeness (QED) is 0.432. The van der Waals surface area contributed by atoms with Crippen molar-refractivity contribution in [3.8, 4) is 11.3 Å². The van der Waals surface area contributed by atoms with Crippen LogP contribution in [0.4, 0.5) is 5.69 Å². The number of halogens is 3. The van der Waals surface area contributed by atoms with Crippen LogP contribution >= 0.6 is 34.8 Å². The van der Waals surface area contributed by atoms with Gasteiger partial charge in [0.1, 0.15) is 11.5 Å². The van der Waals surface area contributed by atoms with Crippen molar-refractivity contribution in [2.24, 2.45) is 5.10 Å². The van der Waals surface area contributed by atoms with Crippen LogP contribution in [0.3, 0.4) is 0 Å². The summed E-state index contributed by atoms with van der Waals surface area (Å²) in [5, 5.41) is 7.06. The fourth-order valence-electron chi connectivity index (χ4n) is 2.88. The van der Waals surface area contributed by atoms with Crippen molar-refractivity contribution in [3.05, 3.63) is 81.0 Å². The minimum absolute atomic E-state index is 0.251. The summed E-state index contributed by atoms with van der Waals surface area (Å²) in [6.45, 7) is 1.77. The number of anilines is 1. The van der Waals surface area contributed by atoms with Gasteiger partial charge in [-0.2, -0.15) is 10.1 Å². The molecule has 140 valence electrons. The van der Waals surface area contributed by atoms with E-state index in [2.05, 4.69) is 5.10 Å². The predicted molar refractivity (Wildman–Crippen MR) is 114 cm³/mol. The van der Waals surface area contributed by atoms with Gasteiger partial charge in [-0.1, -0.05) is 46.9 Å². The lowest BCUT2D eigenvalue weighted by atomic mass is 10.1. The Labute approximate surface area is 176 Å². The molecule has 7 heteroatoms. The van der Waals surface area contributed by atoms with Gasteiger partial charge in [-0.3, -0.25) is 4.79 Å². The Balaban J connectivity index is 1.65. The molecule has 28 heavy (non-hydrogen) atoms. The normalized spacial score (nSPS) is 15.4. The van der Waals surface area contributed by atoms with E-state index in [0.717, 1.165) is 0 Å². The third kappa shape index (κ3) is 3.47. The minimum Gasteiger partial charge on any atom is -0.457 e. The van der Waals surface area contributed by atoms with Crippen LogP contribution in [0, 0.1) is 0 Å². The van der Waals surface area contributed by atoms with Crippen molar-refractivity contribution >= 4 is 58.2 Å². The molecule has 0 aliphatic carbocycles. The molecule has 0 saturated carbocycles. The van der Waals surface area contributed by atoms with E-state index < -0.39 is 0 Å². The van der Waals surface area contributed by atoms with Gasteiger partial charge in [-0.15, -0.1) is 0 Å². The van der Waals surface area contributed by atoms with E-state index in [1.54, 1.807) is 61.5 Å². The highest BCUT2D eigenvalue weighted by Gasteiger charge is 2.29. The van der Waals surface area contributed by atoms with Gasteiger partial charge in [0, 0.05) is 10.6 Å². The molecular formula is C21H13Cl3N2O2. The van der Waals surface area contributed by atoms with Crippen molar-refractivity contribution < 1.29 is 9.21 Å². The van der Waals surface area contributed by atoms with Gasteiger partial charge in [0.25, 0.3) is 5.91 Å². The molecule has 4 nitrogen and oxygen atoms in total. The number of amides is 1. The van der Waals surface area contributed by atoms with Gasteiger partial charge in [-0.25, -0.2) is 0 Å². The van der Waals surface area contributed by atoms with E-state index in [9.17, 15) is 4.79 Å². The molecule has 0 atom stereocenters. The van der Waals surface area contributed by atoms with Crippen molar-refractivity contribution in [2.45, 2.75) is 6.92 Å². The first-order valence-corrected chi connectivity index (χ1v) is 9.49. The van der Waals surface area contributed by atoms with Gasteiger partial charge >= 0.3 is 0 Å². The molecule has 1 aliphatic heterocycles. The Morgan fingerprint density at radius 1 is 1.04 bits per heavy atom. The Hall–Kier alpha value is -2.53. The first kappa shape index (κ1) is 18.8. The SMILES string of the molecule is CC1=NN(c2cccc(Cl)c2)C(=O)C1=Cc1ccc(-c2cccc(Cl)c2Cl)o1. The van der Waals surface area contributed by atoms with Crippen LogP contribution in [-0.2, 0) is 4.79 Å². The number of carbonyl (C=O) groups excluding carboxylic acids is 1. The molecule has 1 amide bonds. The highest BCUT2D eigenvalue weighted by molar-refractivity contribution is 6.43. The van der Waals surface area contributed by atoms with Gasteiger partial charge in [0.2, 0.25) is 0 Å². The summed E-state index contributed by atoms with van der Waals surface area (Å²) in [7, 11) is 0. The maximum absolute atomic E-state index is 12.8. The Morgan fingerprint density at radius 3 is 2.61 bits per heavy atom. The molecule has 4 rings (SSSR count). The summed E-state index contributed by atoms with van der Waals surface area (Å²) in [5.41, 5.74) is 2.32. The lowest BCUT2D eigenvalue weighted by Gasteiger charge is -2.11. The Bertz CT molecular complexity index is 1150. The third-order valence-electron chi connectivity index (χ3n) is 4.25. The van der Waals surface area contributed by atoms with Crippen molar-refractivity contribution in [1.82, 2.24) is 0 Å². The molecule has 0 fully saturated rings. The first-order chi connectivity index (χ1) is 13.4. The van der Waals surface area contributed by atoms with Gasteiger partial charge in [0.15, 0.2) is 0 Å². The van der Waals surface area contributed by atoms with Gasteiger partial charge < -0.3 is 4.42 Å².